The molecule has 0 aromatic heterocycles. The molecule has 0 saturated carbocycles. The molecule has 0 spiro atoms. The molecule has 136 valence electrons. The Hall–Kier alpha value is -0.240. The van der Waals surface area contributed by atoms with E-state index < -0.39 is 0 Å². The summed E-state index contributed by atoms with van der Waals surface area (Å²) in [4.78, 5) is 0. The predicted molar refractivity (Wildman–Crippen MR) is 89.6 cm³/mol. The van der Waals surface area contributed by atoms with Crippen LogP contribution < -0.4 is 5.32 Å². The standard InChI is InChI=1S/C16H35NO5.H2/c1-4-5-17-6-7-18-8-9-19-10-11-20-12-13-21-14-15-22-16(2)3;/h16-17H,4-15H2,1-3H3;1H. The number of rotatable bonds is 18. The molecule has 1 N–H and O–H groups in total. The van der Waals surface area contributed by atoms with Gasteiger partial charge in [-0.15, -0.1) is 0 Å². The molecule has 0 aromatic rings. The van der Waals surface area contributed by atoms with Gasteiger partial charge in [-0.05, 0) is 26.8 Å². The van der Waals surface area contributed by atoms with Crippen molar-refractivity contribution >= 4 is 0 Å². The fraction of sp³-hybridized carbons (Fsp3) is 1.00. The van der Waals surface area contributed by atoms with Gasteiger partial charge in [-0.2, -0.15) is 0 Å². The summed E-state index contributed by atoms with van der Waals surface area (Å²) in [6, 6.07) is 0. The van der Waals surface area contributed by atoms with Crippen LogP contribution in [0.3, 0.4) is 0 Å². The minimum absolute atomic E-state index is 0. The molecule has 6 nitrogen and oxygen atoms in total. The third-order valence-electron chi connectivity index (χ3n) is 2.64. The van der Waals surface area contributed by atoms with Crippen LogP contribution in [0.25, 0.3) is 0 Å². The zero-order valence-electron chi connectivity index (χ0n) is 14.6. The molecule has 0 aromatic carbocycles. The van der Waals surface area contributed by atoms with Crippen molar-refractivity contribution < 1.29 is 25.1 Å². The van der Waals surface area contributed by atoms with E-state index in [9.17, 15) is 0 Å². The minimum atomic E-state index is 0. The van der Waals surface area contributed by atoms with E-state index in [0.29, 0.717) is 52.9 Å². The maximum absolute atomic E-state index is 5.42. The molecule has 0 heterocycles. The number of hydrogen-bond donors (Lipinski definition) is 1. The Kier molecular flexibility index (Phi) is 18.6. The second-order valence-corrected chi connectivity index (χ2v) is 5.12. The third kappa shape index (κ3) is 19.8. The van der Waals surface area contributed by atoms with Crippen LogP contribution in [0.15, 0.2) is 0 Å². The Morgan fingerprint density at radius 3 is 1.59 bits per heavy atom. The Morgan fingerprint density at radius 2 is 1.14 bits per heavy atom. The van der Waals surface area contributed by atoms with E-state index in [1.54, 1.807) is 0 Å². The molecule has 0 rings (SSSR count). The highest BCUT2D eigenvalue weighted by Crippen LogP contribution is 1.87. The van der Waals surface area contributed by atoms with Gasteiger partial charge in [-0.3, -0.25) is 0 Å². The third-order valence-corrected chi connectivity index (χ3v) is 2.64. The van der Waals surface area contributed by atoms with E-state index in [0.717, 1.165) is 26.1 Å². The Labute approximate surface area is 137 Å². The lowest BCUT2D eigenvalue weighted by Crippen LogP contribution is -2.21. The van der Waals surface area contributed by atoms with Crippen molar-refractivity contribution in [3.63, 3.8) is 0 Å². The molecule has 0 aliphatic carbocycles. The van der Waals surface area contributed by atoms with E-state index in [-0.39, 0.29) is 7.53 Å². The highest BCUT2D eigenvalue weighted by molar-refractivity contribution is 4.43. The van der Waals surface area contributed by atoms with Crippen molar-refractivity contribution in [3.8, 4) is 0 Å². The second kappa shape index (κ2) is 18.8. The zero-order chi connectivity index (χ0) is 16.3. The summed E-state index contributed by atoms with van der Waals surface area (Å²) in [7, 11) is 0. The maximum Gasteiger partial charge on any atom is 0.0703 e. The molecule has 0 aliphatic heterocycles. The first-order valence-corrected chi connectivity index (χ1v) is 8.40. The van der Waals surface area contributed by atoms with Crippen LogP contribution in [-0.4, -0.2) is 78.7 Å². The average Bonchev–Trinajstić information content (AvgIpc) is 2.50. The van der Waals surface area contributed by atoms with E-state index >= 15 is 0 Å². The number of ether oxygens (including phenoxy) is 5. The van der Waals surface area contributed by atoms with Gasteiger partial charge in [0.15, 0.2) is 0 Å². The smallest absolute Gasteiger partial charge is 0.0703 e. The second-order valence-electron chi connectivity index (χ2n) is 5.12. The predicted octanol–water partition coefficient (Wildman–Crippen LogP) is 1.72. The van der Waals surface area contributed by atoms with Gasteiger partial charge < -0.3 is 29.0 Å². The summed E-state index contributed by atoms with van der Waals surface area (Å²) in [5.74, 6) is 0. The fourth-order valence-corrected chi connectivity index (χ4v) is 1.55. The Balaban J connectivity index is 0. The van der Waals surface area contributed by atoms with Crippen LogP contribution in [-0.2, 0) is 23.7 Å². The van der Waals surface area contributed by atoms with Crippen LogP contribution in [0.4, 0.5) is 0 Å². The van der Waals surface area contributed by atoms with Crippen molar-refractivity contribution in [3.05, 3.63) is 0 Å². The van der Waals surface area contributed by atoms with Crippen LogP contribution in [0.2, 0.25) is 0 Å². The summed E-state index contributed by atoms with van der Waals surface area (Å²) in [5.41, 5.74) is 0. The number of hydrogen-bond acceptors (Lipinski definition) is 6. The first-order valence-electron chi connectivity index (χ1n) is 8.40. The molecule has 0 radical (unpaired) electrons. The van der Waals surface area contributed by atoms with Gasteiger partial charge in [0.25, 0.3) is 0 Å². The van der Waals surface area contributed by atoms with Gasteiger partial charge in [0, 0.05) is 7.97 Å². The largest absolute Gasteiger partial charge is 0.378 e. The van der Waals surface area contributed by atoms with Crippen LogP contribution in [0.5, 0.6) is 0 Å². The summed E-state index contributed by atoms with van der Waals surface area (Å²) in [6.45, 7) is 13.7. The normalized spacial score (nSPS) is 11.5. The van der Waals surface area contributed by atoms with Crippen LogP contribution >= 0.6 is 0 Å². The van der Waals surface area contributed by atoms with Gasteiger partial charge in [0.05, 0.1) is 65.6 Å². The van der Waals surface area contributed by atoms with Gasteiger partial charge in [-0.1, -0.05) is 6.92 Å². The molecule has 0 unspecified atom stereocenters. The monoisotopic (exact) mass is 323 g/mol. The SMILES string of the molecule is CCCNCCOCCOCCOCCOCCOC(C)C.[HH]. The van der Waals surface area contributed by atoms with Crippen molar-refractivity contribution in [2.24, 2.45) is 0 Å². The van der Waals surface area contributed by atoms with Gasteiger partial charge >= 0.3 is 0 Å². The first kappa shape index (κ1) is 21.8. The van der Waals surface area contributed by atoms with Crippen LogP contribution in [0.1, 0.15) is 28.6 Å². The lowest BCUT2D eigenvalue weighted by atomic mass is 10.5. The highest BCUT2D eigenvalue weighted by Gasteiger charge is 1.94. The highest BCUT2D eigenvalue weighted by atomic mass is 16.6. The Bertz CT molecular complexity index is 211. The van der Waals surface area contributed by atoms with Gasteiger partial charge in [-0.25, -0.2) is 0 Å². The molecular formula is C16H37NO5. The summed E-state index contributed by atoms with van der Waals surface area (Å²) in [5, 5.41) is 3.28. The fourth-order valence-electron chi connectivity index (χ4n) is 1.55. The quantitative estimate of drug-likeness (QED) is 0.388. The first-order chi connectivity index (χ1) is 10.8. The van der Waals surface area contributed by atoms with Crippen molar-refractivity contribution in [1.82, 2.24) is 5.32 Å². The molecule has 0 atom stereocenters. The molecule has 0 amide bonds. The molecule has 0 bridgehead atoms. The van der Waals surface area contributed by atoms with E-state index in [2.05, 4.69) is 12.2 Å². The zero-order valence-corrected chi connectivity index (χ0v) is 14.6. The summed E-state index contributed by atoms with van der Waals surface area (Å²) in [6.07, 6.45) is 1.41. The average molecular weight is 323 g/mol. The van der Waals surface area contributed by atoms with E-state index in [1.165, 1.54) is 0 Å². The molecule has 0 saturated heterocycles. The lowest BCUT2D eigenvalue weighted by molar-refractivity contribution is -0.0174. The van der Waals surface area contributed by atoms with Crippen molar-refractivity contribution in [2.45, 2.75) is 33.3 Å². The molecule has 0 aliphatic rings. The topological polar surface area (TPSA) is 58.2 Å². The van der Waals surface area contributed by atoms with Crippen LogP contribution in [0, 0.1) is 0 Å². The Morgan fingerprint density at radius 1 is 0.682 bits per heavy atom. The molecular weight excluding hydrogens is 286 g/mol. The van der Waals surface area contributed by atoms with E-state index in [4.69, 9.17) is 23.7 Å². The molecule has 6 heteroatoms. The van der Waals surface area contributed by atoms with E-state index in [1.807, 2.05) is 13.8 Å². The summed E-state index contributed by atoms with van der Waals surface area (Å²) < 4.78 is 26.9. The number of nitrogens with one attached hydrogen (secondary N) is 1. The lowest BCUT2D eigenvalue weighted by Gasteiger charge is -2.09. The molecule has 22 heavy (non-hydrogen) atoms. The summed E-state index contributed by atoms with van der Waals surface area (Å²) >= 11 is 0. The van der Waals surface area contributed by atoms with Crippen molar-refractivity contribution in [2.75, 3.05) is 72.6 Å². The minimum Gasteiger partial charge on any atom is -0.378 e. The van der Waals surface area contributed by atoms with Gasteiger partial charge in [0.1, 0.15) is 0 Å². The maximum atomic E-state index is 5.42. The molecule has 0 fully saturated rings. The van der Waals surface area contributed by atoms with Gasteiger partial charge in [0.2, 0.25) is 0 Å². The van der Waals surface area contributed by atoms with Crippen molar-refractivity contribution in [1.29, 1.82) is 0 Å².